The summed E-state index contributed by atoms with van der Waals surface area (Å²) in [5.41, 5.74) is 5.52. The van der Waals surface area contributed by atoms with Gasteiger partial charge in [0.15, 0.2) is 0 Å². The molecule has 3 aromatic rings. The Morgan fingerprint density at radius 3 is 2.59 bits per heavy atom. The van der Waals surface area contributed by atoms with Gasteiger partial charge in [0, 0.05) is 37.6 Å². The maximum Gasteiger partial charge on any atom is 0.315 e. The molecule has 7 nitrogen and oxygen atoms in total. The van der Waals surface area contributed by atoms with Crippen LogP contribution in [0.1, 0.15) is 28.1 Å². The van der Waals surface area contributed by atoms with Crippen LogP contribution in [0.15, 0.2) is 42.7 Å². The highest BCUT2D eigenvalue weighted by Crippen LogP contribution is 2.11. The summed E-state index contributed by atoms with van der Waals surface area (Å²) in [5.74, 6) is 0. The molecular weight excluding hydrogens is 340 g/mol. The number of urea groups is 1. The Morgan fingerprint density at radius 1 is 1.11 bits per heavy atom. The highest BCUT2D eigenvalue weighted by Gasteiger charge is 2.09. The van der Waals surface area contributed by atoms with E-state index in [1.165, 1.54) is 11.1 Å². The van der Waals surface area contributed by atoms with Gasteiger partial charge in [-0.1, -0.05) is 30.3 Å². The Kier molecular flexibility index (Phi) is 5.90. The Hall–Kier alpha value is -3.09. The van der Waals surface area contributed by atoms with Crippen molar-refractivity contribution in [3.05, 3.63) is 70.8 Å². The van der Waals surface area contributed by atoms with E-state index in [0.717, 1.165) is 29.9 Å². The number of hydrogen-bond donors (Lipinski definition) is 2. The first-order chi connectivity index (χ1) is 13.0. The first-order valence-corrected chi connectivity index (χ1v) is 9.09. The van der Waals surface area contributed by atoms with Crippen molar-refractivity contribution in [2.75, 3.05) is 6.54 Å². The van der Waals surface area contributed by atoms with Crippen molar-refractivity contribution < 1.29 is 4.79 Å². The molecule has 0 radical (unpaired) electrons. The highest BCUT2D eigenvalue weighted by atomic mass is 16.2. The molecule has 1 aromatic carbocycles. The van der Waals surface area contributed by atoms with E-state index in [9.17, 15) is 4.79 Å². The average Bonchev–Trinajstić information content (AvgIpc) is 3.20. The van der Waals surface area contributed by atoms with E-state index in [1.54, 1.807) is 6.20 Å². The number of rotatable bonds is 7. The standard InChI is InChI=1S/C20H26N6O/c1-15-19(16(2)25(3)24-15)9-10-21-20(27)22-11-18-12-23-26(14-18)13-17-7-5-4-6-8-17/h4-8,12,14H,9-11,13H2,1-3H3,(H2,21,22,27). The summed E-state index contributed by atoms with van der Waals surface area (Å²) >= 11 is 0. The van der Waals surface area contributed by atoms with Crippen molar-refractivity contribution in [2.24, 2.45) is 7.05 Å². The van der Waals surface area contributed by atoms with Gasteiger partial charge in [-0.15, -0.1) is 0 Å². The number of carbonyl (C=O) groups is 1. The third-order valence-corrected chi connectivity index (χ3v) is 4.65. The molecule has 0 fully saturated rings. The Labute approximate surface area is 159 Å². The summed E-state index contributed by atoms with van der Waals surface area (Å²) in [6.07, 6.45) is 4.51. The van der Waals surface area contributed by atoms with Crippen molar-refractivity contribution in [1.29, 1.82) is 0 Å². The number of amides is 2. The molecular formula is C20H26N6O. The van der Waals surface area contributed by atoms with Gasteiger partial charge >= 0.3 is 6.03 Å². The van der Waals surface area contributed by atoms with Crippen LogP contribution in [-0.2, 0) is 26.6 Å². The quantitative estimate of drug-likeness (QED) is 0.674. The number of aryl methyl sites for hydroxylation is 2. The Morgan fingerprint density at radius 2 is 1.89 bits per heavy atom. The second-order valence-electron chi connectivity index (χ2n) is 6.66. The zero-order valence-electron chi connectivity index (χ0n) is 16.1. The van der Waals surface area contributed by atoms with Gasteiger partial charge in [0.2, 0.25) is 0 Å². The predicted molar refractivity (Wildman–Crippen MR) is 104 cm³/mol. The molecule has 0 saturated heterocycles. The molecule has 0 unspecified atom stereocenters. The molecule has 2 amide bonds. The first-order valence-electron chi connectivity index (χ1n) is 9.09. The van der Waals surface area contributed by atoms with Crippen LogP contribution in [0.4, 0.5) is 4.79 Å². The minimum atomic E-state index is -0.176. The van der Waals surface area contributed by atoms with Crippen molar-refractivity contribution in [1.82, 2.24) is 30.2 Å². The Balaban J connectivity index is 1.41. The predicted octanol–water partition coefficient (Wildman–Crippen LogP) is 2.32. The van der Waals surface area contributed by atoms with Crippen LogP contribution in [0.5, 0.6) is 0 Å². The minimum Gasteiger partial charge on any atom is -0.338 e. The van der Waals surface area contributed by atoms with Crippen LogP contribution in [0.2, 0.25) is 0 Å². The first kappa shape index (κ1) is 18.7. The molecule has 2 N–H and O–H groups in total. The zero-order chi connectivity index (χ0) is 19.2. The maximum absolute atomic E-state index is 12.0. The molecule has 2 heterocycles. The van der Waals surface area contributed by atoms with Crippen molar-refractivity contribution in [3.63, 3.8) is 0 Å². The number of benzene rings is 1. The van der Waals surface area contributed by atoms with E-state index in [2.05, 4.69) is 33.0 Å². The van der Waals surface area contributed by atoms with Crippen LogP contribution < -0.4 is 10.6 Å². The molecule has 0 aliphatic heterocycles. The van der Waals surface area contributed by atoms with Crippen molar-refractivity contribution in [3.8, 4) is 0 Å². The van der Waals surface area contributed by atoms with Gasteiger partial charge in [0.1, 0.15) is 0 Å². The minimum absolute atomic E-state index is 0.176. The third kappa shape index (κ3) is 4.97. The van der Waals surface area contributed by atoms with Gasteiger partial charge in [0.25, 0.3) is 0 Å². The van der Waals surface area contributed by atoms with E-state index in [-0.39, 0.29) is 6.03 Å². The van der Waals surface area contributed by atoms with Crippen LogP contribution in [0.25, 0.3) is 0 Å². The second-order valence-corrected chi connectivity index (χ2v) is 6.66. The third-order valence-electron chi connectivity index (χ3n) is 4.65. The number of carbonyl (C=O) groups excluding carboxylic acids is 1. The molecule has 2 aromatic heterocycles. The maximum atomic E-state index is 12.0. The largest absolute Gasteiger partial charge is 0.338 e. The van der Waals surface area contributed by atoms with E-state index in [0.29, 0.717) is 13.1 Å². The summed E-state index contributed by atoms with van der Waals surface area (Å²) < 4.78 is 3.75. The van der Waals surface area contributed by atoms with E-state index < -0.39 is 0 Å². The number of nitrogens with zero attached hydrogens (tertiary/aromatic N) is 4. The number of hydrogen-bond acceptors (Lipinski definition) is 3. The fourth-order valence-electron chi connectivity index (χ4n) is 3.08. The van der Waals surface area contributed by atoms with Gasteiger partial charge in [-0.05, 0) is 31.4 Å². The molecule has 3 rings (SSSR count). The summed E-state index contributed by atoms with van der Waals surface area (Å²) in [5, 5.41) is 14.5. The summed E-state index contributed by atoms with van der Waals surface area (Å²) in [4.78, 5) is 12.0. The van der Waals surface area contributed by atoms with Crippen LogP contribution in [0, 0.1) is 13.8 Å². The summed E-state index contributed by atoms with van der Waals surface area (Å²) in [7, 11) is 1.93. The molecule has 0 spiro atoms. The van der Waals surface area contributed by atoms with Gasteiger partial charge in [-0.2, -0.15) is 10.2 Å². The zero-order valence-corrected chi connectivity index (χ0v) is 16.1. The average molecular weight is 366 g/mol. The molecule has 7 heteroatoms. The smallest absolute Gasteiger partial charge is 0.315 e. The molecule has 0 atom stereocenters. The SMILES string of the molecule is Cc1nn(C)c(C)c1CCNC(=O)NCc1cnn(Cc2ccccc2)c1. The molecule has 0 saturated carbocycles. The monoisotopic (exact) mass is 366 g/mol. The number of nitrogens with one attached hydrogen (secondary N) is 2. The molecule has 0 aliphatic rings. The van der Waals surface area contributed by atoms with Gasteiger partial charge in [-0.25, -0.2) is 4.79 Å². The lowest BCUT2D eigenvalue weighted by atomic mass is 10.1. The lowest BCUT2D eigenvalue weighted by molar-refractivity contribution is 0.240. The van der Waals surface area contributed by atoms with Crippen molar-refractivity contribution >= 4 is 6.03 Å². The van der Waals surface area contributed by atoms with E-state index >= 15 is 0 Å². The summed E-state index contributed by atoms with van der Waals surface area (Å²) in [6, 6.07) is 9.99. The number of aromatic nitrogens is 4. The molecule has 0 aliphatic carbocycles. The lowest BCUT2D eigenvalue weighted by Crippen LogP contribution is -2.36. The highest BCUT2D eigenvalue weighted by molar-refractivity contribution is 5.73. The lowest BCUT2D eigenvalue weighted by Gasteiger charge is -2.07. The van der Waals surface area contributed by atoms with E-state index in [4.69, 9.17) is 0 Å². The van der Waals surface area contributed by atoms with Gasteiger partial charge < -0.3 is 10.6 Å². The fraction of sp³-hybridized carbons (Fsp3) is 0.350. The van der Waals surface area contributed by atoms with Crippen LogP contribution in [-0.4, -0.2) is 32.1 Å². The normalized spacial score (nSPS) is 10.8. The van der Waals surface area contributed by atoms with Crippen molar-refractivity contribution in [2.45, 2.75) is 33.4 Å². The molecule has 27 heavy (non-hydrogen) atoms. The fourth-order valence-corrected chi connectivity index (χ4v) is 3.08. The van der Waals surface area contributed by atoms with Crippen LogP contribution in [0.3, 0.4) is 0 Å². The summed E-state index contributed by atoms with van der Waals surface area (Å²) in [6.45, 7) is 5.78. The van der Waals surface area contributed by atoms with E-state index in [1.807, 2.05) is 54.7 Å². The second kappa shape index (κ2) is 8.53. The molecule has 142 valence electrons. The Bertz CT molecular complexity index is 897. The van der Waals surface area contributed by atoms with Gasteiger partial charge in [0.05, 0.1) is 18.4 Å². The molecule has 0 bridgehead atoms. The van der Waals surface area contributed by atoms with Crippen LogP contribution >= 0.6 is 0 Å². The van der Waals surface area contributed by atoms with Gasteiger partial charge in [-0.3, -0.25) is 9.36 Å². The topological polar surface area (TPSA) is 76.8 Å².